The first-order valence-corrected chi connectivity index (χ1v) is 5.99. The number of halogens is 2. The number of carbonyl (C=O) groups is 1. The summed E-state index contributed by atoms with van der Waals surface area (Å²) in [6.07, 6.45) is 0.323. The fraction of sp³-hybridized carbons (Fsp3) is 0.300. The zero-order valence-corrected chi connectivity index (χ0v) is 10.9. The van der Waals surface area contributed by atoms with Gasteiger partial charge in [-0.05, 0) is 17.2 Å². The fourth-order valence-electron chi connectivity index (χ4n) is 1.08. The minimum Gasteiger partial charge on any atom is -0.469 e. The smallest absolute Gasteiger partial charge is 0.309 e. The number of methoxy groups -OCH3 is 1. The lowest BCUT2D eigenvalue weighted by Gasteiger charge is -2.04. The van der Waals surface area contributed by atoms with E-state index in [0.717, 1.165) is 20.9 Å². The van der Waals surface area contributed by atoms with Crippen LogP contribution in [0.3, 0.4) is 0 Å². The molecule has 0 atom stereocenters. The molecule has 1 aromatic rings. The zero-order chi connectivity index (χ0) is 10.6. The number of rotatable bonds is 3. The molecule has 2 nitrogen and oxygen atoms in total. The molecule has 4 heteroatoms. The summed E-state index contributed by atoms with van der Waals surface area (Å²) >= 11 is 6.81. The van der Waals surface area contributed by atoms with Crippen LogP contribution >= 0.6 is 31.9 Å². The monoisotopic (exact) mass is 320 g/mol. The van der Waals surface area contributed by atoms with Crippen molar-refractivity contribution in [3.63, 3.8) is 0 Å². The van der Waals surface area contributed by atoms with E-state index in [2.05, 4.69) is 36.6 Å². The third-order valence-electron chi connectivity index (χ3n) is 1.83. The quantitative estimate of drug-likeness (QED) is 0.632. The van der Waals surface area contributed by atoms with E-state index in [1.165, 1.54) is 7.11 Å². The van der Waals surface area contributed by atoms with Crippen molar-refractivity contribution in [3.8, 4) is 0 Å². The molecular weight excluding hydrogens is 312 g/mol. The van der Waals surface area contributed by atoms with Crippen molar-refractivity contribution >= 4 is 37.8 Å². The van der Waals surface area contributed by atoms with Gasteiger partial charge in [-0.2, -0.15) is 0 Å². The Hall–Kier alpha value is -0.350. The van der Waals surface area contributed by atoms with Crippen molar-refractivity contribution in [2.45, 2.75) is 11.8 Å². The molecule has 14 heavy (non-hydrogen) atoms. The third kappa shape index (κ3) is 3.10. The Balaban J connectivity index is 2.84. The van der Waals surface area contributed by atoms with Crippen LogP contribution in [0.25, 0.3) is 0 Å². The molecule has 0 aliphatic rings. The van der Waals surface area contributed by atoms with Crippen LogP contribution in [0.2, 0.25) is 0 Å². The highest BCUT2D eigenvalue weighted by Gasteiger charge is 2.05. The molecule has 1 aromatic carbocycles. The summed E-state index contributed by atoms with van der Waals surface area (Å²) in [5.74, 6) is -0.215. The van der Waals surface area contributed by atoms with Crippen LogP contribution < -0.4 is 0 Å². The van der Waals surface area contributed by atoms with E-state index in [-0.39, 0.29) is 5.97 Å². The molecule has 0 aliphatic carbocycles. The second-order valence-electron chi connectivity index (χ2n) is 2.81. The van der Waals surface area contributed by atoms with Crippen LogP contribution in [0.4, 0.5) is 0 Å². The highest BCUT2D eigenvalue weighted by Crippen LogP contribution is 2.21. The van der Waals surface area contributed by atoms with Crippen molar-refractivity contribution < 1.29 is 9.53 Å². The van der Waals surface area contributed by atoms with E-state index >= 15 is 0 Å². The highest BCUT2D eigenvalue weighted by atomic mass is 79.9. The van der Waals surface area contributed by atoms with E-state index < -0.39 is 0 Å². The summed E-state index contributed by atoms with van der Waals surface area (Å²) in [5, 5.41) is 0.766. The molecule has 0 unspecified atom stereocenters. The molecule has 0 bridgehead atoms. The Kier molecular flexibility index (Phi) is 4.62. The number of hydrogen-bond acceptors (Lipinski definition) is 2. The van der Waals surface area contributed by atoms with Gasteiger partial charge >= 0.3 is 5.97 Å². The van der Waals surface area contributed by atoms with E-state index in [1.807, 2.05) is 18.2 Å². The number of hydrogen-bond donors (Lipinski definition) is 0. The van der Waals surface area contributed by atoms with Gasteiger partial charge in [-0.1, -0.05) is 44.0 Å². The Morgan fingerprint density at radius 1 is 1.50 bits per heavy atom. The van der Waals surface area contributed by atoms with Gasteiger partial charge in [-0.15, -0.1) is 0 Å². The van der Waals surface area contributed by atoms with Crippen LogP contribution in [-0.4, -0.2) is 13.1 Å². The van der Waals surface area contributed by atoms with E-state index in [9.17, 15) is 4.79 Å². The maximum absolute atomic E-state index is 11.0. The van der Waals surface area contributed by atoms with E-state index in [1.54, 1.807) is 0 Å². The predicted octanol–water partition coefficient (Wildman–Crippen LogP) is 3.06. The van der Waals surface area contributed by atoms with Gasteiger partial charge < -0.3 is 4.74 Å². The highest BCUT2D eigenvalue weighted by molar-refractivity contribution is 9.10. The topological polar surface area (TPSA) is 26.3 Å². The molecule has 0 aromatic heterocycles. The summed E-state index contributed by atoms with van der Waals surface area (Å²) in [6.45, 7) is 0. The predicted molar refractivity (Wildman–Crippen MR) is 62.5 cm³/mol. The summed E-state index contributed by atoms with van der Waals surface area (Å²) in [6, 6.07) is 5.83. The van der Waals surface area contributed by atoms with Gasteiger partial charge in [0.15, 0.2) is 0 Å². The minimum absolute atomic E-state index is 0.215. The standard InChI is InChI=1S/C10H10Br2O2/c1-14-10(13)5-7-2-3-9(12)8(4-7)6-11/h2-4H,5-6H2,1H3. The Labute approximate surface area is 99.9 Å². The number of ether oxygens (including phenoxy) is 1. The Morgan fingerprint density at radius 2 is 2.21 bits per heavy atom. The van der Waals surface area contributed by atoms with Crippen molar-refractivity contribution in [2.75, 3.05) is 7.11 Å². The first kappa shape index (κ1) is 11.7. The van der Waals surface area contributed by atoms with Crippen LogP contribution in [-0.2, 0) is 21.3 Å². The average molecular weight is 322 g/mol. The van der Waals surface area contributed by atoms with Crippen LogP contribution in [0, 0.1) is 0 Å². The lowest BCUT2D eigenvalue weighted by Crippen LogP contribution is -2.04. The van der Waals surface area contributed by atoms with Gasteiger partial charge in [0.2, 0.25) is 0 Å². The van der Waals surface area contributed by atoms with E-state index in [4.69, 9.17) is 0 Å². The Morgan fingerprint density at radius 3 is 2.79 bits per heavy atom. The number of esters is 1. The van der Waals surface area contributed by atoms with Gasteiger partial charge in [0, 0.05) is 9.80 Å². The summed E-state index contributed by atoms with van der Waals surface area (Å²) < 4.78 is 5.64. The molecule has 0 spiro atoms. The molecule has 0 radical (unpaired) electrons. The first-order valence-electron chi connectivity index (χ1n) is 4.07. The molecule has 0 heterocycles. The molecule has 0 amide bonds. The summed E-state index contributed by atoms with van der Waals surface area (Å²) in [5.41, 5.74) is 2.10. The fourth-order valence-corrected chi connectivity index (χ4v) is 2.31. The van der Waals surface area contributed by atoms with Crippen molar-refractivity contribution in [2.24, 2.45) is 0 Å². The molecule has 0 aliphatic heterocycles. The molecular formula is C10H10Br2O2. The van der Waals surface area contributed by atoms with Gasteiger partial charge in [0.1, 0.15) is 0 Å². The van der Waals surface area contributed by atoms with Crippen molar-refractivity contribution in [3.05, 3.63) is 33.8 Å². The van der Waals surface area contributed by atoms with Gasteiger partial charge in [0.05, 0.1) is 13.5 Å². The van der Waals surface area contributed by atoms with Crippen LogP contribution in [0.1, 0.15) is 11.1 Å². The average Bonchev–Trinajstić information content (AvgIpc) is 2.20. The van der Waals surface area contributed by atoms with E-state index in [0.29, 0.717) is 6.42 Å². The lowest BCUT2D eigenvalue weighted by atomic mass is 10.1. The van der Waals surface area contributed by atoms with Gasteiger partial charge in [-0.3, -0.25) is 4.79 Å². The van der Waals surface area contributed by atoms with Crippen molar-refractivity contribution in [1.29, 1.82) is 0 Å². The molecule has 1 rings (SSSR count). The second-order valence-corrected chi connectivity index (χ2v) is 4.23. The second kappa shape index (κ2) is 5.51. The zero-order valence-electron chi connectivity index (χ0n) is 7.72. The molecule has 0 saturated heterocycles. The molecule has 0 saturated carbocycles. The molecule has 76 valence electrons. The van der Waals surface area contributed by atoms with Crippen LogP contribution in [0.15, 0.2) is 22.7 Å². The normalized spacial score (nSPS) is 9.93. The number of carbonyl (C=O) groups excluding carboxylic acids is 1. The lowest BCUT2D eigenvalue weighted by molar-refractivity contribution is -0.139. The number of alkyl halides is 1. The molecule has 0 N–H and O–H groups in total. The molecule has 0 fully saturated rings. The third-order valence-corrected chi connectivity index (χ3v) is 3.21. The SMILES string of the molecule is COC(=O)Cc1ccc(Br)c(CBr)c1. The summed E-state index contributed by atoms with van der Waals surface area (Å²) in [7, 11) is 1.40. The Bertz CT molecular complexity index is 337. The largest absolute Gasteiger partial charge is 0.469 e. The van der Waals surface area contributed by atoms with Crippen molar-refractivity contribution in [1.82, 2.24) is 0 Å². The van der Waals surface area contributed by atoms with Crippen LogP contribution in [0.5, 0.6) is 0 Å². The van der Waals surface area contributed by atoms with Gasteiger partial charge in [0.25, 0.3) is 0 Å². The summed E-state index contributed by atoms with van der Waals surface area (Å²) in [4.78, 5) is 11.0. The maximum atomic E-state index is 11.0. The number of benzene rings is 1. The van der Waals surface area contributed by atoms with Gasteiger partial charge in [-0.25, -0.2) is 0 Å². The maximum Gasteiger partial charge on any atom is 0.309 e. The minimum atomic E-state index is -0.215. The first-order chi connectivity index (χ1) is 6.67.